The molecule has 6 heteroatoms. The molecular formula is C29H38N2O4. The molecule has 0 saturated carbocycles. The number of hydrogen-bond donors (Lipinski definition) is 1. The number of nitrogens with zero attached hydrogens (tertiary/aromatic N) is 1. The lowest BCUT2D eigenvalue weighted by Crippen LogP contribution is -2.43. The first-order valence-electron chi connectivity index (χ1n) is 12.0. The molecule has 1 heterocycles. The molecular weight excluding hydrogens is 440 g/mol. The first-order chi connectivity index (χ1) is 16.4. The fourth-order valence-electron chi connectivity index (χ4n) is 3.86. The molecule has 1 aliphatic rings. The van der Waals surface area contributed by atoms with Crippen LogP contribution in [-0.2, 0) is 16.1 Å². The molecule has 0 atom stereocenters. The van der Waals surface area contributed by atoms with Crippen LogP contribution in [0.1, 0.15) is 64.7 Å². The molecule has 0 spiro atoms. The number of nitrogens with one attached hydrogen (secondary N) is 1. The number of allylic oxidation sites excluding steroid dienone is 1. The van der Waals surface area contributed by atoms with Gasteiger partial charge < -0.3 is 19.5 Å². The number of hydrogen-bond acceptors (Lipinski definition) is 6. The maximum atomic E-state index is 12.7. The lowest BCUT2D eigenvalue weighted by molar-refractivity contribution is -0.171. The normalized spacial score (nSPS) is 14.1. The Balaban J connectivity index is 1.67. The highest BCUT2D eigenvalue weighted by molar-refractivity contribution is 6.04. The summed E-state index contributed by atoms with van der Waals surface area (Å²) in [6.07, 6.45) is 0.882. The van der Waals surface area contributed by atoms with Crippen molar-refractivity contribution >= 4 is 11.7 Å². The summed E-state index contributed by atoms with van der Waals surface area (Å²) in [6.45, 7) is 14.4. The average molecular weight is 479 g/mol. The summed E-state index contributed by atoms with van der Waals surface area (Å²) in [5.74, 6) is 0.700. The molecule has 0 fully saturated rings. The monoisotopic (exact) mass is 478 g/mol. The largest absolute Gasteiger partial charge is 0.493 e. The van der Waals surface area contributed by atoms with Gasteiger partial charge in [-0.05, 0) is 76.8 Å². The summed E-state index contributed by atoms with van der Waals surface area (Å²) >= 11 is 0. The van der Waals surface area contributed by atoms with Crippen LogP contribution in [0, 0.1) is 6.92 Å². The lowest BCUT2D eigenvalue weighted by Gasteiger charge is -2.30. The van der Waals surface area contributed by atoms with Gasteiger partial charge in [0.1, 0.15) is 5.60 Å². The van der Waals surface area contributed by atoms with E-state index in [1.165, 1.54) is 11.1 Å². The summed E-state index contributed by atoms with van der Waals surface area (Å²) in [5, 5.41) is 3.50. The molecule has 188 valence electrons. The van der Waals surface area contributed by atoms with Crippen molar-refractivity contribution in [1.29, 1.82) is 0 Å². The third kappa shape index (κ3) is 6.95. The maximum Gasteiger partial charge on any atom is 0.350 e. The molecule has 0 bridgehead atoms. The molecule has 3 rings (SSSR count). The molecule has 1 aliphatic heterocycles. The van der Waals surface area contributed by atoms with Gasteiger partial charge in [0.15, 0.2) is 17.1 Å². The van der Waals surface area contributed by atoms with Crippen molar-refractivity contribution in [2.45, 2.75) is 72.6 Å². The second kappa shape index (κ2) is 10.6. The minimum Gasteiger partial charge on any atom is -0.493 e. The number of rotatable bonds is 9. The van der Waals surface area contributed by atoms with Gasteiger partial charge in [0, 0.05) is 19.5 Å². The van der Waals surface area contributed by atoms with E-state index in [-0.39, 0.29) is 0 Å². The minimum atomic E-state index is -1.16. The van der Waals surface area contributed by atoms with E-state index < -0.39 is 17.2 Å². The number of carbonyl (C=O) groups is 1. The van der Waals surface area contributed by atoms with Gasteiger partial charge >= 0.3 is 5.97 Å². The summed E-state index contributed by atoms with van der Waals surface area (Å²) in [4.78, 5) is 17.5. The van der Waals surface area contributed by atoms with Crippen LogP contribution < -0.4 is 14.8 Å². The van der Waals surface area contributed by atoms with Gasteiger partial charge in [-0.3, -0.25) is 4.99 Å². The standard InChI is InChI=1S/C29H38N2O4/c1-19-15-23(22-12-10-9-11-13-22)31-24(19)18-30-17-21-14-20(2)26(25(16-21)33-8)34-29(6,7)27(32)35-28(3,4)5/h9-14,16,30H,15,17-18H2,1-8H3. The van der Waals surface area contributed by atoms with Gasteiger partial charge in [-0.25, -0.2) is 4.79 Å². The van der Waals surface area contributed by atoms with Crippen molar-refractivity contribution in [1.82, 2.24) is 5.32 Å². The zero-order chi connectivity index (χ0) is 25.8. The van der Waals surface area contributed by atoms with Gasteiger partial charge in [-0.1, -0.05) is 36.4 Å². The minimum absolute atomic E-state index is 0.423. The summed E-state index contributed by atoms with van der Waals surface area (Å²) in [7, 11) is 1.60. The maximum absolute atomic E-state index is 12.7. The topological polar surface area (TPSA) is 69.1 Å². The molecule has 0 aromatic heterocycles. The number of benzene rings is 2. The zero-order valence-electron chi connectivity index (χ0n) is 22.2. The molecule has 0 radical (unpaired) electrons. The molecule has 0 unspecified atom stereocenters. The third-order valence-corrected chi connectivity index (χ3v) is 5.69. The van der Waals surface area contributed by atoms with Gasteiger partial charge in [-0.2, -0.15) is 0 Å². The highest BCUT2D eigenvalue weighted by atomic mass is 16.6. The Morgan fingerprint density at radius 2 is 1.71 bits per heavy atom. The fourth-order valence-corrected chi connectivity index (χ4v) is 3.86. The predicted molar refractivity (Wildman–Crippen MR) is 140 cm³/mol. The molecule has 2 aromatic rings. The van der Waals surface area contributed by atoms with E-state index in [2.05, 4.69) is 24.4 Å². The summed E-state index contributed by atoms with van der Waals surface area (Å²) < 4.78 is 17.3. The SMILES string of the molecule is COc1cc(CNCC2=C(C)CC(c3ccccc3)=N2)cc(C)c1OC(C)(C)C(=O)OC(C)(C)C. The molecule has 0 amide bonds. The molecule has 0 saturated heterocycles. The first kappa shape index (κ1) is 26.5. The van der Waals surface area contributed by atoms with Crippen molar-refractivity contribution < 1.29 is 19.0 Å². The van der Waals surface area contributed by atoms with Crippen LogP contribution in [-0.4, -0.2) is 36.5 Å². The van der Waals surface area contributed by atoms with Crippen molar-refractivity contribution in [3.05, 3.63) is 70.4 Å². The van der Waals surface area contributed by atoms with E-state index in [0.29, 0.717) is 24.6 Å². The molecule has 35 heavy (non-hydrogen) atoms. The summed E-state index contributed by atoms with van der Waals surface area (Å²) in [5.41, 5.74) is 4.87. The van der Waals surface area contributed by atoms with Crippen molar-refractivity contribution in [2.75, 3.05) is 13.7 Å². The van der Waals surface area contributed by atoms with E-state index in [1.807, 2.05) is 58.0 Å². The second-order valence-electron chi connectivity index (χ2n) is 10.5. The molecule has 2 aromatic carbocycles. The van der Waals surface area contributed by atoms with E-state index in [9.17, 15) is 4.79 Å². The Morgan fingerprint density at radius 1 is 1.03 bits per heavy atom. The first-order valence-corrected chi connectivity index (χ1v) is 12.0. The van der Waals surface area contributed by atoms with Gasteiger partial charge in [0.2, 0.25) is 0 Å². The highest BCUT2D eigenvalue weighted by Gasteiger charge is 2.36. The number of ether oxygens (including phenoxy) is 3. The van der Waals surface area contributed by atoms with Crippen LogP contribution >= 0.6 is 0 Å². The van der Waals surface area contributed by atoms with Crippen molar-refractivity contribution in [2.24, 2.45) is 4.99 Å². The Morgan fingerprint density at radius 3 is 2.34 bits per heavy atom. The van der Waals surface area contributed by atoms with Crippen LogP contribution in [0.3, 0.4) is 0 Å². The molecule has 6 nitrogen and oxygen atoms in total. The average Bonchev–Trinajstić information content (AvgIpc) is 3.15. The smallest absolute Gasteiger partial charge is 0.350 e. The van der Waals surface area contributed by atoms with E-state index in [0.717, 1.165) is 29.0 Å². The third-order valence-electron chi connectivity index (χ3n) is 5.69. The number of carbonyl (C=O) groups excluding carboxylic acids is 1. The van der Waals surface area contributed by atoms with Crippen LogP contribution in [0.25, 0.3) is 0 Å². The Hall–Kier alpha value is -3.12. The Kier molecular flexibility index (Phi) is 8.06. The highest BCUT2D eigenvalue weighted by Crippen LogP contribution is 2.36. The Bertz CT molecular complexity index is 1130. The van der Waals surface area contributed by atoms with Gasteiger partial charge in [0.25, 0.3) is 0 Å². The fraction of sp³-hybridized carbons (Fsp3) is 0.448. The zero-order valence-corrected chi connectivity index (χ0v) is 22.2. The summed E-state index contributed by atoms with van der Waals surface area (Å²) in [6, 6.07) is 14.3. The van der Waals surface area contributed by atoms with E-state index in [1.54, 1.807) is 21.0 Å². The predicted octanol–water partition coefficient (Wildman–Crippen LogP) is 5.76. The van der Waals surface area contributed by atoms with Crippen LogP contribution in [0.2, 0.25) is 0 Å². The van der Waals surface area contributed by atoms with Crippen LogP contribution in [0.4, 0.5) is 0 Å². The number of aryl methyl sites for hydroxylation is 1. The molecule has 1 N–H and O–H groups in total. The number of methoxy groups -OCH3 is 1. The number of aliphatic imine (C=N–C) groups is 1. The van der Waals surface area contributed by atoms with Crippen molar-refractivity contribution in [3.8, 4) is 11.5 Å². The van der Waals surface area contributed by atoms with Crippen LogP contribution in [0.5, 0.6) is 11.5 Å². The van der Waals surface area contributed by atoms with Gasteiger partial charge in [-0.15, -0.1) is 0 Å². The Labute approximate surface area is 209 Å². The molecule has 0 aliphatic carbocycles. The second-order valence-corrected chi connectivity index (χ2v) is 10.5. The quantitative estimate of drug-likeness (QED) is 0.464. The van der Waals surface area contributed by atoms with E-state index >= 15 is 0 Å². The van der Waals surface area contributed by atoms with E-state index in [4.69, 9.17) is 19.2 Å². The number of esters is 1. The van der Waals surface area contributed by atoms with Crippen LogP contribution in [0.15, 0.2) is 58.7 Å². The van der Waals surface area contributed by atoms with Gasteiger partial charge in [0.05, 0.1) is 18.5 Å². The lowest BCUT2D eigenvalue weighted by atomic mass is 10.1. The van der Waals surface area contributed by atoms with Crippen molar-refractivity contribution in [3.63, 3.8) is 0 Å².